The molecule has 0 spiro atoms. The van der Waals surface area contributed by atoms with Crippen molar-refractivity contribution in [1.29, 1.82) is 0 Å². The van der Waals surface area contributed by atoms with Crippen molar-refractivity contribution in [1.82, 2.24) is 5.01 Å². The second-order valence-corrected chi connectivity index (χ2v) is 6.43. The van der Waals surface area contributed by atoms with Crippen molar-refractivity contribution in [2.75, 3.05) is 0 Å². The van der Waals surface area contributed by atoms with Gasteiger partial charge in [-0.1, -0.05) is 23.3 Å². The van der Waals surface area contributed by atoms with E-state index in [2.05, 4.69) is 51.9 Å². The smallest absolute Gasteiger partial charge is 0.230 e. The Hall–Kier alpha value is -1.38. The third-order valence-electron chi connectivity index (χ3n) is 3.71. The largest absolute Gasteiger partial charge is 0.277 e. The maximum atomic E-state index is 11.2. The lowest BCUT2D eigenvalue weighted by Crippen LogP contribution is -2.38. The number of hydrogen-bond acceptors (Lipinski definition) is 2. The molecule has 1 aliphatic heterocycles. The summed E-state index contributed by atoms with van der Waals surface area (Å²) in [5, 5.41) is 6.11. The van der Waals surface area contributed by atoms with Crippen LogP contribution in [-0.2, 0) is 4.79 Å². The topological polar surface area (TPSA) is 32.7 Å². The van der Waals surface area contributed by atoms with Gasteiger partial charge in [0.1, 0.15) is 0 Å². The van der Waals surface area contributed by atoms with E-state index in [4.69, 9.17) is 0 Å². The van der Waals surface area contributed by atoms with Gasteiger partial charge in [0.15, 0.2) is 0 Å². The van der Waals surface area contributed by atoms with Gasteiger partial charge < -0.3 is 0 Å². The summed E-state index contributed by atoms with van der Waals surface area (Å²) < 4.78 is 0. The van der Waals surface area contributed by atoms with Crippen LogP contribution in [0.25, 0.3) is 0 Å². The highest BCUT2D eigenvalue weighted by Crippen LogP contribution is 2.32. The van der Waals surface area contributed by atoms with Gasteiger partial charge >= 0.3 is 0 Å². The molecule has 0 aromatic rings. The van der Waals surface area contributed by atoms with Crippen molar-refractivity contribution < 1.29 is 4.79 Å². The molecule has 0 unspecified atom stereocenters. The van der Waals surface area contributed by atoms with Crippen molar-refractivity contribution in [2.24, 2.45) is 5.10 Å². The molecule has 0 N–H and O–H groups in total. The molecule has 0 aliphatic carbocycles. The Morgan fingerprint density at radius 2 is 1.80 bits per heavy atom. The fraction of sp³-hybridized carbons (Fsp3) is 0.647. The van der Waals surface area contributed by atoms with E-state index in [1.807, 2.05) is 0 Å². The Morgan fingerprint density at radius 3 is 2.35 bits per heavy atom. The zero-order chi connectivity index (χ0) is 15.2. The van der Waals surface area contributed by atoms with Gasteiger partial charge in [-0.3, -0.25) is 4.79 Å². The first-order chi connectivity index (χ1) is 9.37. The van der Waals surface area contributed by atoms with Crippen LogP contribution in [0.2, 0.25) is 0 Å². The van der Waals surface area contributed by atoms with E-state index < -0.39 is 0 Å². The van der Waals surface area contributed by atoms with Gasteiger partial charge in [0, 0.05) is 12.1 Å². The molecule has 0 aromatic heterocycles. The highest BCUT2D eigenvalue weighted by atomic mass is 16.1. The summed E-state index contributed by atoms with van der Waals surface area (Å²) in [6, 6.07) is 0. The van der Waals surface area contributed by atoms with Crippen molar-refractivity contribution in [2.45, 2.75) is 72.3 Å². The molecule has 20 heavy (non-hydrogen) atoms. The number of nitrogens with zero attached hydrogens (tertiary/aromatic N) is 2. The van der Waals surface area contributed by atoms with Crippen LogP contribution in [-0.4, -0.2) is 22.7 Å². The number of rotatable bonds is 7. The van der Waals surface area contributed by atoms with Crippen LogP contribution < -0.4 is 0 Å². The summed E-state index contributed by atoms with van der Waals surface area (Å²) in [7, 11) is 0. The summed E-state index contributed by atoms with van der Waals surface area (Å²) in [6.07, 6.45) is 10.2. The van der Waals surface area contributed by atoms with Crippen molar-refractivity contribution in [3.63, 3.8) is 0 Å². The molecule has 1 amide bonds. The van der Waals surface area contributed by atoms with E-state index in [1.165, 1.54) is 11.1 Å². The zero-order valence-corrected chi connectivity index (χ0v) is 13.6. The molecule has 0 aromatic carbocycles. The number of hydrogen-bond donors (Lipinski definition) is 0. The maximum absolute atomic E-state index is 11.2. The summed E-state index contributed by atoms with van der Waals surface area (Å²) in [4.78, 5) is 11.2. The minimum atomic E-state index is -0.145. The van der Waals surface area contributed by atoms with Crippen LogP contribution in [0.5, 0.6) is 0 Å². The van der Waals surface area contributed by atoms with E-state index >= 15 is 0 Å². The predicted octanol–water partition coefficient (Wildman–Crippen LogP) is 4.46. The van der Waals surface area contributed by atoms with Crippen LogP contribution in [0.15, 0.2) is 28.4 Å². The van der Waals surface area contributed by atoms with E-state index in [-0.39, 0.29) is 5.54 Å². The molecule has 1 heterocycles. The SMILES string of the molecule is CC(C)=CCCC1=NN(C=O)[C@](C)(CCC=C(C)C)C1. The third kappa shape index (κ3) is 4.95. The van der Waals surface area contributed by atoms with Crippen molar-refractivity contribution in [3.8, 4) is 0 Å². The first-order valence-corrected chi connectivity index (χ1v) is 7.45. The molecule has 3 nitrogen and oxygen atoms in total. The Balaban J connectivity index is 2.60. The zero-order valence-electron chi connectivity index (χ0n) is 13.6. The van der Waals surface area contributed by atoms with Crippen LogP contribution in [0, 0.1) is 0 Å². The summed E-state index contributed by atoms with van der Waals surface area (Å²) in [6.45, 7) is 10.6. The van der Waals surface area contributed by atoms with Crippen LogP contribution in [0.4, 0.5) is 0 Å². The molecule has 1 atom stereocenters. The molecule has 3 heteroatoms. The van der Waals surface area contributed by atoms with Gasteiger partial charge in [0.25, 0.3) is 0 Å². The number of carbonyl (C=O) groups excluding carboxylic acids is 1. The average Bonchev–Trinajstić information content (AvgIpc) is 2.65. The Morgan fingerprint density at radius 1 is 1.20 bits per heavy atom. The molecule has 0 fully saturated rings. The van der Waals surface area contributed by atoms with Gasteiger partial charge in [-0.05, 0) is 60.3 Å². The second kappa shape index (κ2) is 7.41. The van der Waals surface area contributed by atoms with Gasteiger partial charge in [-0.15, -0.1) is 0 Å². The van der Waals surface area contributed by atoms with Crippen LogP contribution in [0.3, 0.4) is 0 Å². The lowest BCUT2D eigenvalue weighted by molar-refractivity contribution is -0.122. The molecule has 112 valence electrons. The van der Waals surface area contributed by atoms with Gasteiger partial charge in [-0.2, -0.15) is 5.10 Å². The number of carbonyl (C=O) groups is 1. The first-order valence-electron chi connectivity index (χ1n) is 7.45. The third-order valence-corrected chi connectivity index (χ3v) is 3.71. The van der Waals surface area contributed by atoms with Crippen LogP contribution >= 0.6 is 0 Å². The molecular formula is C17H28N2O. The lowest BCUT2D eigenvalue weighted by Gasteiger charge is -2.29. The fourth-order valence-corrected chi connectivity index (χ4v) is 2.52. The summed E-state index contributed by atoms with van der Waals surface area (Å²) >= 11 is 0. The Labute approximate surface area is 123 Å². The maximum Gasteiger partial charge on any atom is 0.230 e. The standard InChI is InChI=1S/C17H28N2O/c1-14(2)8-6-10-16-12-17(5,19(13-20)18-16)11-7-9-15(3)4/h8-9,13H,6-7,10-12H2,1-5H3/t17-/m1/s1. The molecule has 0 radical (unpaired) electrons. The highest BCUT2D eigenvalue weighted by Gasteiger charge is 2.37. The normalized spacial score (nSPS) is 21.4. The van der Waals surface area contributed by atoms with Crippen molar-refractivity contribution in [3.05, 3.63) is 23.3 Å². The van der Waals surface area contributed by atoms with Gasteiger partial charge in [0.2, 0.25) is 6.41 Å². The van der Waals surface area contributed by atoms with Gasteiger partial charge in [-0.25, -0.2) is 5.01 Å². The number of hydrazone groups is 1. The summed E-state index contributed by atoms with van der Waals surface area (Å²) in [5.74, 6) is 0. The number of amides is 1. The minimum absolute atomic E-state index is 0.145. The molecule has 0 saturated carbocycles. The van der Waals surface area contributed by atoms with Gasteiger partial charge in [0.05, 0.1) is 5.54 Å². The predicted molar refractivity (Wildman–Crippen MR) is 85.7 cm³/mol. The van der Waals surface area contributed by atoms with E-state index in [9.17, 15) is 4.79 Å². The Bertz CT molecular complexity index is 426. The first kappa shape index (κ1) is 16.7. The van der Waals surface area contributed by atoms with E-state index in [1.54, 1.807) is 5.01 Å². The quantitative estimate of drug-likeness (QED) is 0.499. The lowest BCUT2D eigenvalue weighted by atomic mass is 9.89. The second-order valence-electron chi connectivity index (χ2n) is 6.43. The fourth-order valence-electron chi connectivity index (χ4n) is 2.52. The van der Waals surface area contributed by atoms with Crippen LogP contribution in [0.1, 0.15) is 66.7 Å². The minimum Gasteiger partial charge on any atom is -0.277 e. The molecule has 0 bridgehead atoms. The molecule has 1 rings (SSSR count). The van der Waals surface area contributed by atoms with E-state index in [0.29, 0.717) is 0 Å². The average molecular weight is 276 g/mol. The molecular weight excluding hydrogens is 248 g/mol. The Kier molecular flexibility index (Phi) is 6.18. The molecule has 1 aliphatic rings. The monoisotopic (exact) mass is 276 g/mol. The number of allylic oxidation sites excluding steroid dienone is 4. The highest BCUT2D eigenvalue weighted by molar-refractivity contribution is 5.88. The molecule has 0 saturated heterocycles. The van der Waals surface area contributed by atoms with E-state index in [0.717, 1.165) is 44.2 Å². The van der Waals surface area contributed by atoms with Crippen molar-refractivity contribution >= 4 is 12.1 Å². The summed E-state index contributed by atoms with van der Waals surface area (Å²) in [5.41, 5.74) is 3.67.